The zero-order valence-electron chi connectivity index (χ0n) is 9.36. The standard InChI is InChI=1S/C15H14O/c1-3-14-10-7-8-12-15(14)11-6-4-5-9-13-16-2/h1,7-10,12-13H,4-5H2,2H3/b13-9+. The second-order valence-corrected chi connectivity index (χ2v) is 3.14. The highest BCUT2D eigenvalue weighted by Gasteiger charge is 1.92. The second kappa shape index (κ2) is 7.21. The van der Waals surface area contributed by atoms with Crippen molar-refractivity contribution in [1.29, 1.82) is 0 Å². The zero-order chi connectivity index (χ0) is 11.6. The summed E-state index contributed by atoms with van der Waals surface area (Å²) in [6.07, 6.45) is 10.7. The zero-order valence-corrected chi connectivity index (χ0v) is 9.36. The SMILES string of the molecule is C#Cc1ccccc1C#CCC/C=C/OC. The molecule has 0 N–H and O–H groups in total. The first-order chi connectivity index (χ1) is 7.88. The van der Waals surface area contributed by atoms with Crippen LogP contribution >= 0.6 is 0 Å². The van der Waals surface area contributed by atoms with Crippen LogP contribution in [0.2, 0.25) is 0 Å². The Hall–Kier alpha value is -2.12. The molecular weight excluding hydrogens is 196 g/mol. The first-order valence-electron chi connectivity index (χ1n) is 5.11. The monoisotopic (exact) mass is 210 g/mol. The van der Waals surface area contributed by atoms with Crippen molar-refractivity contribution < 1.29 is 4.74 Å². The molecule has 0 unspecified atom stereocenters. The van der Waals surface area contributed by atoms with Gasteiger partial charge in [-0.2, -0.15) is 0 Å². The van der Waals surface area contributed by atoms with E-state index in [1.807, 2.05) is 30.3 Å². The molecule has 1 rings (SSSR count). The summed E-state index contributed by atoms with van der Waals surface area (Å²) in [5.74, 6) is 8.78. The van der Waals surface area contributed by atoms with E-state index in [0.29, 0.717) is 0 Å². The van der Waals surface area contributed by atoms with Gasteiger partial charge in [0, 0.05) is 17.5 Å². The van der Waals surface area contributed by atoms with Crippen molar-refractivity contribution in [1.82, 2.24) is 0 Å². The number of ether oxygens (including phenoxy) is 1. The summed E-state index contributed by atoms with van der Waals surface area (Å²) in [6, 6.07) is 7.69. The maximum Gasteiger partial charge on any atom is 0.0785 e. The van der Waals surface area contributed by atoms with Gasteiger partial charge in [0.1, 0.15) is 0 Å². The highest BCUT2D eigenvalue weighted by atomic mass is 16.5. The van der Waals surface area contributed by atoms with Crippen LogP contribution in [0.4, 0.5) is 0 Å². The summed E-state index contributed by atoms with van der Waals surface area (Å²) in [4.78, 5) is 0. The lowest BCUT2D eigenvalue weighted by Crippen LogP contribution is -1.81. The van der Waals surface area contributed by atoms with Crippen molar-refractivity contribution in [2.75, 3.05) is 7.11 Å². The summed E-state index contributed by atoms with van der Waals surface area (Å²) in [7, 11) is 1.63. The highest BCUT2D eigenvalue weighted by molar-refractivity contribution is 5.49. The molecule has 80 valence electrons. The minimum atomic E-state index is 0.804. The third kappa shape index (κ3) is 3.95. The van der Waals surface area contributed by atoms with Gasteiger partial charge in [0.25, 0.3) is 0 Å². The summed E-state index contributed by atoms with van der Waals surface area (Å²) in [5.41, 5.74) is 1.77. The van der Waals surface area contributed by atoms with Crippen molar-refractivity contribution >= 4 is 0 Å². The molecule has 0 fully saturated rings. The molecule has 16 heavy (non-hydrogen) atoms. The third-order valence-electron chi connectivity index (χ3n) is 1.97. The van der Waals surface area contributed by atoms with E-state index in [-0.39, 0.29) is 0 Å². The molecule has 1 heteroatoms. The second-order valence-electron chi connectivity index (χ2n) is 3.14. The maximum absolute atomic E-state index is 5.38. The fourth-order valence-electron chi connectivity index (χ4n) is 1.20. The van der Waals surface area contributed by atoms with E-state index in [1.54, 1.807) is 13.4 Å². The number of rotatable bonds is 3. The average molecular weight is 210 g/mol. The molecule has 0 heterocycles. The molecule has 0 aliphatic carbocycles. The minimum absolute atomic E-state index is 0.804. The molecule has 0 aliphatic heterocycles. The van der Waals surface area contributed by atoms with Crippen molar-refractivity contribution in [3.8, 4) is 24.2 Å². The normalized spacial score (nSPS) is 9.25. The van der Waals surface area contributed by atoms with Crippen LogP contribution in [0.25, 0.3) is 0 Å². The van der Waals surface area contributed by atoms with E-state index in [4.69, 9.17) is 11.2 Å². The van der Waals surface area contributed by atoms with Gasteiger partial charge in [-0.25, -0.2) is 0 Å². The van der Waals surface area contributed by atoms with Crippen LogP contribution in [0.1, 0.15) is 24.0 Å². The quantitative estimate of drug-likeness (QED) is 0.423. The largest absolute Gasteiger partial charge is 0.505 e. The molecule has 1 nitrogen and oxygen atoms in total. The van der Waals surface area contributed by atoms with E-state index in [9.17, 15) is 0 Å². The number of hydrogen-bond donors (Lipinski definition) is 0. The Morgan fingerprint density at radius 2 is 2.06 bits per heavy atom. The molecule has 0 amide bonds. The Morgan fingerprint density at radius 1 is 1.31 bits per heavy atom. The topological polar surface area (TPSA) is 9.23 Å². The van der Waals surface area contributed by atoms with Crippen LogP contribution in [0.15, 0.2) is 36.6 Å². The van der Waals surface area contributed by atoms with Crippen molar-refractivity contribution in [3.05, 3.63) is 47.7 Å². The van der Waals surface area contributed by atoms with Gasteiger partial charge in [-0.3, -0.25) is 0 Å². The smallest absolute Gasteiger partial charge is 0.0785 e. The molecule has 0 aromatic heterocycles. The van der Waals surface area contributed by atoms with Gasteiger partial charge < -0.3 is 4.74 Å². The Kier molecular flexibility index (Phi) is 5.38. The molecule has 1 aromatic carbocycles. The number of benzene rings is 1. The van der Waals surface area contributed by atoms with Crippen molar-refractivity contribution in [3.63, 3.8) is 0 Å². The molecule has 0 saturated carbocycles. The lowest BCUT2D eigenvalue weighted by atomic mass is 10.1. The number of allylic oxidation sites excluding steroid dienone is 1. The van der Waals surface area contributed by atoms with Gasteiger partial charge in [0.05, 0.1) is 13.4 Å². The molecule has 0 bridgehead atoms. The summed E-state index contributed by atoms with van der Waals surface area (Å²) in [5, 5.41) is 0. The van der Waals surface area contributed by atoms with Crippen LogP contribution in [-0.4, -0.2) is 7.11 Å². The van der Waals surface area contributed by atoms with Gasteiger partial charge >= 0.3 is 0 Å². The molecule has 0 spiro atoms. The Bertz CT molecular complexity index is 452. The molecule has 0 aliphatic rings. The summed E-state index contributed by atoms with van der Waals surface area (Å²) >= 11 is 0. The summed E-state index contributed by atoms with van der Waals surface area (Å²) in [6.45, 7) is 0. The fraction of sp³-hybridized carbons (Fsp3) is 0.200. The number of hydrogen-bond acceptors (Lipinski definition) is 1. The fourth-order valence-corrected chi connectivity index (χ4v) is 1.20. The molecule has 0 saturated heterocycles. The van der Waals surface area contributed by atoms with E-state index in [2.05, 4.69) is 17.8 Å². The highest BCUT2D eigenvalue weighted by Crippen LogP contribution is 2.05. The molecule has 0 atom stereocenters. The Balaban J connectivity index is 2.57. The van der Waals surface area contributed by atoms with Crippen LogP contribution in [0, 0.1) is 24.2 Å². The Labute approximate surface area is 97.1 Å². The van der Waals surface area contributed by atoms with Gasteiger partial charge in [-0.1, -0.05) is 29.9 Å². The van der Waals surface area contributed by atoms with Gasteiger partial charge in [0.2, 0.25) is 0 Å². The van der Waals surface area contributed by atoms with Crippen LogP contribution < -0.4 is 0 Å². The predicted octanol–water partition coefficient (Wildman–Crippen LogP) is 2.96. The summed E-state index contributed by atoms with van der Waals surface area (Å²) < 4.78 is 4.79. The van der Waals surface area contributed by atoms with Crippen molar-refractivity contribution in [2.24, 2.45) is 0 Å². The van der Waals surface area contributed by atoms with E-state index >= 15 is 0 Å². The third-order valence-corrected chi connectivity index (χ3v) is 1.97. The number of terminal acetylenes is 1. The lowest BCUT2D eigenvalue weighted by molar-refractivity contribution is 0.336. The van der Waals surface area contributed by atoms with Gasteiger partial charge in [-0.05, 0) is 24.6 Å². The van der Waals surface area contributed by atoms with Crippen LogP contribution in [0.5, 0.6) is 0 Å². The minimum Gasteiger partial charge on any atom is -0.505 e. The Morgan fingerprint density at radius 3 is 2.75 bits per heavy atom. The van der Waals surface area contributed by atoms with E-state index in [0.717, 1.165) is 24.0 Å². The van der Waals surface area contributed by atoms with Crippen molar-refractivity contribution in [2.45, 2.75) is 12.8 Å². The molecular formula is C15H14O. The lowest BCUT2D eigenvalue weighted by Gasteiger charge is -1.93. The van der Waals surface area contributed by atoms with E-state index in [1.165, 1.54) is 0 Å². The van der Waals surface area contributed by atoms with Crippen LogP contribution in [-0.2, 0) is 4.74 Å². The maximum atomic E-state index is 5.38. The first-order valence-corrected chi connectivity index (χ1v) is 5.11. The van der Waals surface area contributed by atoms with Gasteiger partial charge in [-0.15, -0.1) is 6.42 Å². The number of unbranched alkanes of at least 4 members (excludes halogenated alkanes) is 1. The van der Waals surface area contributed by atoms with Crippen LogP contribution in [0.3, 0.4) is 0 Å². The predicted molar refractivity (Wildman–Crippen MR) is 66.6 cm³/mol. The average Bonchev–Trinajstić information content (AvgIpc) is 2.34. The first kappa shape index (κ1) is 12.0. The van der Waals surface area contributed by atoms with Gasteiger partial charge in [0.15, 0.2) is 0 Å². The number of methoxy groups -OCH3 is 1. The molecule has 0 radical (unpaired) electrons. The van der Waals surface area contributed by atoms with E-state index < -0.39 is 0 Å². The molecule has 1 aromatic rings.